The summed E-state index contributed by atoms with van der Waals surface area (Å²) < 4.78 is 0. The van der Waals surface area contributed by atoms with Crippen LogP contribution < -0.4 is 5.73 Å². The van der Waals surface area contributed by atoms with Crippen LogP contribution in [-0.2, 0) is 6.54 Å². The van der Waals surface area contributed by atoms with Gasteiger partial charge in [0.1, 0.15) is 0 Å². The Morgan fingerprint density at radius 1 is 1.47 bits per heavy atom. The zero-order valence-electron chi connectivity index (χ0n) is 10.5. The summed E-state index contributed by atoms with van der Waals surface area (Å²) in [6, 6.07) is 4.62. The lowest BCUT2D eigenvalue weighted by molar-refractivity contribution is 0.207. The second-order valence-corrected chi connectivity index (χ2v) is 4.82. The van der Waals surface area contributed by atoms with Crippen molar-refractivity contribution < 1.29 is 0 Å². The predicted octanol–water partition coefficient (Wildman–Crippen LogP) is 0.546. The SMILES string of the molecule is CN1CCCN(Cc2cccnc2)CC1CN. The molecule has 0 spiro atoms. The van der Waals surface area contributed by atoms with E-state index in [1.807, 2.05) is 18.5 Å². The third-order valence-electron chi connectivity index (χ3n) is 3.48. The maximum Gasteiger partial charge on any atom is 0.0342 e. The van der Waals surface area contributed by atoms with Crippen LogP contribution in [0.4, 0.5) is 0 Å². The van der Waals surface area contributed by atoms with Crippen molar-refractivity contribution in [2.24, 2.45) is 5.73 Å². The highest BCUT2D eigenvalue weighted by Crippen LogP contribution is 2.10. The molecule has 2 rings (SSSR count). The molecule has 4 heteroatoms. The summed E-state index contributed by atoms with van der Waals surface area (Å²) in [5.74, 6) is 0. The summed E-state index contributed by atoms with van der Waals surface area (Å²) in [4.78, 5) is 9.03. The van der Waals surface area contributed by atoms with E-state index in [2.05, 4.69) is 27.9 Å². The van der Waals surface area contributed by atoms with Crippen molar-refractivity contribution in [3.8, 4) is 0 Å². The van der Waals surface area contributed by atoms with Gasteiger partial charge in [0.15, 0.2) is 0 Å². The monoisotopic (exact) mass is 234 g/mol. The molecule has 17 heavy (non-hydrogen) atoms. The van der Waals surface area contributed by atoms with E-state index in [0.717, 1.165) is 32.7 Å². The number of hydrogen-bond acceptors (Lipinski definition) is 4. The lowest BCUT2D eigenvalue weighted by Crippen LogP contribution is -2.43. The first-order valence-corrected chi connectivity index (χ1v) is 6.31. The van der Waals surface area contributed by atoms with Crippen molar-refractivity contribution in [2.75, 3.05) is 33.2 Å². The van der Waals surface area contributed by atoms with Gasteiger partial charge in [-0.3, -0.25) is 9.88 Å². The quantitative estimate of drug-likeness (QED) is 0.829. The third-order valence-corrected chi connectivity index (χ3v) is 3.48. The van der Waals surface area contributed by atoms with Crippen LogP contribution >= 0.6 is 0 Å². The molecule has 0 aromatic carbocycles. The number of hydrogen-bond donors (Lipinski definition) is 1. The van der Waals surface area contributed by atoms with Gasteiger partial charge < -0.3 is 10.6 Å². The average Bonchev–Trinajstić information content (AvgIpc) is 2.52. The standard InChI is InChI=1S/C13H22N4/c1-16-6-3-7-17(11-13(16)8-14)10-12-4-2-5-15-9-12/h2,4-5,9,13H,3,6-8,10-11,14H2,1H3. The van der Waals surface area contributed by atoms with Crippen LogP contribution in [0.5, 0.6) is 0 Å². The fourth-order valence-corrected chi connectivity index (χ4v) is 2.40. The summed E-state index contributed by atoms with van der Waals surface area (Å²) in [7, 11) is 2.17. The summed E-state index contributed by atoms with van der Waals surface area (Å²) in [6.07, 6.45) is 4.99. The molecule has 4 nitrogen and oxygen atoms in total. The van der Waals surface area contributed by atoms with Gasteiger partial charge in [-0.1, -0.05) is 6.07 Å². The Balaban J connectivity index is 1.96. The summed E-state index contributed by atoms with van der Waals surface area (Å²) in [6.45, 7) is 5.07. The van der Waals surface area contributed by atoms with Gasteiger partial charge in [0, 0.05) is 38.1 Å². The molecule has 0 saturated carbocycles. The Kier molecular flexibility index (Phi) is 4.48. The van der Waals surface area contributed by atoms with E-state index in [1.54, 1.807) is 0 Å². The topological polar surface area (TPSA) is 45.4 Å². The van der Waals surface area contributed by atoms with Crippen molar-refractivity contribution in [3.05, 3.63) is 30.1 Å². The van der Waals surface area contributed by atoms with Gasteiger partial charge in [-0.2, -0.15) is 0 Å². The van der Waals surface area contributed by atoms with E-state index in [4.69, 9.17) is 5.73 Å². The number of pyridine rings is 1. The van der Waals surface area contributed by atoms with E-state index in [1.165, 1.54) is 12.0 Å². The van der Waals surface area contributed by atoms with E-state index >= 15 is 0 Å². The van der Waals surface area contributed by atoms with Crippen molar-refractivity contribution in [3.63, 3.8) is 0 Å². The molecule has 0 radical (unpaired) electrons. The summed E-state index contributed by atoms with van der Waals surface area (Å²) in [5, 5.41) is 0. The Hall–Kier alpha value is -0.970. The second kappa shape index (κ2) is 6.10. The minimum atomic E-state index is 0.481. The minimum absolute atomic E-state index is 0.481. The molecule has 1 aromatic heterocycles. The number of nitrogens with two attached hydrogens (primary N) is 1. The maximum atomic E-state index is 5.84. The molecule has 94 valence electrons. The number of likely N-dealkylation sites (N-methyl/N-ethyl adjacent to an activating group) is 1. The van der Waals surface area contributed by atoms with Crippen molar-refractivity contribution >= 4 is 0 Å². The Bertz CT molecular complexity index is 327. The molecule has 1 saturated heterocycles. The number of rotatable bonds is 3. The average molecular weight is 234 g/mol. The van der Waals surface area contributed by atoms with Gasteiger partial charge >= 0.3 is 0 Å². The summed E-state index contributed by atoms with van der Waals surface area (Å²) in [5.41, 5.74) is 7.12. The van der Waals surface area contributed by atoms with Gasteiger partial charge in [0.25, 0.3) is 0 Å². The van der Waals surface area contributed by atoms with E-state index < -0.39 is 0 Å². The molecular formula is C13H22N4. The number of aromatic nitrogens is 1. The molecular weight excluding hydrogens is 212 g/mol. The first-order chi connectivity index (χ1) is 8.29. The lowest BCUT2D eigenvalue weighted by Gasteiger charge is -2.27. The molecule has 1 aliphatic rings. The van der Waals surface area contributed by atoms with Crippen LogP contribution in [0.3, 0.4) is 0 Å². The van der Waals surface area contributed by atoms with Crippen LogP contribution in [0.15, 0.2) is 24.5 Å². The molecule has 1 aromatic rings. The van der Waals surface area contributed by atoms with Gasteiger partial charge in [0.05, 0.1) is 0 Å². The van der Waals surface area contributed by atoms with Crippen LogP contribution in [-0.4, -0.2) is 54.1 Å². The molecule has 2 N–H and O–H groups in total. The molecule has 0 bridgehead atoms. The minimum Gasteiger partial charge on any atom is -0.329 e. The molecule has 1 aliphatic heterocycles. The molecule has 1 unspecified atom stereocenters. The predicted molar refractivity (Wildman–Crippen MR) is 69.6 cm³/mol. The Morgan fingerprint density at radius 3 is 3.06 bits per heavy atom. The molecule has 0 aliphatic carbocycles. The van der Waals surface area contributed by atoms with Crippen LogP contribution in [0, 0.1) is 0 Å². The first-order valence-electron chi connectivity index (χ1n) is 6.31. The van der Waals surface area contributed by atoms with Gasteiger partial charge in [-0.25, -0.2) is 0 Å². The van der Waals surface area contributed by atoms with E-state index in [0.29, 0.717) is 6.04 Å². The number of nitrogens with zero attached hydrogens (tertiary/aromatic N) is 3. The summed E-state index contributed by atoms with van der Waals surface area (Å²) >= 11 is 0. The van der Waals surface area contributed by atoms with Crippen molar-refractivity contribution in [1.29, 1.82) is 0 Å². The fourth-order valence-electron chi connectivity index (χ4n) is 2.40. The molecule has 1 atom stereocenters. The smallest absolute Gasteiger partial charge is 0.0342 e. The zero-order chi connectivity index (χ0) is 12.1. The van der Waals surface area contributed by atoms with Gasteiger partial charge in [-0.05, 0) is 38.2 Å². The highest BCUT2D eigenvalue weighted by Gasteiger charge is 2.20. The highest BCUT2D eigenvalue weighted by atomic mass is 15.2. The molecule has 1 fully saturated rings. The fraction of sp³-hybridized carbons (Fsp3) is 0.615. The van der Waals surface area contributed by atoms with Gasteiger partial charge in [0.2, 0.25) is 0 Å². The zero-order valence-corrected chi connectivity index (χ0v) is 10.5. The Labute approximate surface area is 103 Å². The third kappa shape index (κ3) is 3.49. The second-order valence-electron chi connectivity index (χ2n) is 4.82. The largest absolute Gasteiger partial charge is 0.329 e. The van der Waals surface area contributed by atoms with Crippen LogP contribution in [0.2, 0.25) is 0 Å². The van der Waals surface area contributed by atoms with Crippen LogP contribution in [0.1, 0.15) is 12.0 Å². The maximum absolute atomic E-state index is 5.84. The van der Waals surface area contributed by atoms with Crippen molar-refractivity contribution in [2.45, 2.75) is 19.0 Å². The molecule has 0 amide bonds. The molecule has 2 heterocycles. The van der Waals surface area contributed by atoms with E-state index in [-0.39, 0.29) is 0 Å². The van der Waals surface area contributed by atoms with Crippen LogP contribution in [0.25, 0.3) is 0 Å². The van der Waals surface area contributed by atoms with Crippen molar-refractivity contribution in [1.82, 2.24) is 14.8 Å². The highest BCUT2D eigenvalue weighted by molar-refractivity contribution is 5.08. The van der Waals surface area contributed by atoms with Gasteiger partial charge in [-0.15, -0.1) is 0 Å². The van der Waals surface area contributed by atoms with E-state index in [9.17, 15) is 0 Å². The Morgan fingerprint density at radius 2 is 2.35 bits per heavy atom. The first kappa shape index (κ1) is 12.5. The lowest BCUT2D eigenvalue weighted by atomic mass is 10.2. The normalized spacial score (nSPS) is 23.5.